The molecule has 3 aromatic rings. The summed E-state index contributed by atoms with van der Waals surface area (Å²) in [5.41, 5.74) is 3.75. The molecule has 1 aliphatic rings. The topological polar surface area (TPSA) is 67.9 Å². The van der Waals surface area contributed by atoms with Crippen molar-refractivity contribution in [3.05, 3.63) is 88.9 Å². The van der Waals surface area contributed by atoms with Gasteiger partial charge in [0.25, 0.3) is 11.8 Å². The average molecular weight is 446 g/mol. The summed E-state index contributed by atoms with van der Waals surface area (Å²) in [7, 11) is 2.98. The highest BCUT2D eigenvalue weighted by atomic mass is 19.1. The maximum atomic E-state index is 13.6. The van der Waals surface area contributed by atoms with Crippen LogP contribution in [0.3, 0.4) is 0 Å². The molecule has 33 heavy (non-hydrogen) atoms. The van der Waals surface area contributed by atoms with Crippen LogP contribution in [0.4, 0.5) is 15.8 Å². The van der Waals surface area contributed by atoms with Crippen molar-refractivity contribution in [1.82, 2.24) is 0 Å². The van der Waals surface area contributed by atoms with Gasteiger partial charge < -0.3 is 14.8 Å². The van der Waals surface area contributed by atoms with Gasteiger partial charge in [0.2, 0.25) is 0 Å². The van der Waals surface area contributed by atoms with Gasteiger partial charge in [0.05, 0.1) is 25.5 Å². The fourth-order valence-electron chi connectivity index (χ4n) is 3.75. The zero-order valence-corrected chi connectivity index (χ0v) is 18.7. The summed E-state index contributed by atoms with van der Waals surface area (Å²) in [6.45, 7) is 3.90. The van der Waals surface area contributed by atoms with Crippen LogP contribution in [0, 0.1) is 19.7 Å². The minimum atomic E-state index is -0.522. The van der Waals surface area contributed by atoms with Gasteiger partial charge in [-0.1, -0.05) is 24.3 Å². The Kier molecular flexibility index (Phi) is 5.87. The molecule has 0 radical (unpaired) electrons. The average Bonchev–Trinajstić information content (AvgIpc) is 3.06. The van der Waals surface area contributed by atoms with E-state index in [0.29, 0.717) is 28.4 Å². The van der Waals surface area contributed by atoms with Crippen molar-refractivity contribution in [2.45, 2.75) is 13.8 Å². The molecule has 0 bridgehead atoms. The van der Waals surface area contributed by atoms with Gasteiger partial charge in [-0.3, -0.25) is 9.59 Å². The lowest BCUT2D eigenvalue weighted by molar-refractivity contribution is -0.120. The van der Waals surface area contributed by atoms with E-state index in [1.165, 1.54) is 38.5 Å². The van der Waals surface area contributed by atoms with E-state index in [2.05, 4.69) is 5.32 Å². The third-order valence-electron chi connectivity index (χ3n) is 5.71. The number of amides is 2. The summed E-state index contributed by atoms with van der Waals surface area (Å²) in [6, 6.07) is 16.0. The zero-order chi connectivity index (χ0) is 23.7. The first-order chi connectivity index (χ1) is 15.8. The van der Waals surface area contributed by atoms with E-state index < -0.39 is 17.6 Å². The molecule has 0 fully saturated rings. The number of benzene rings is 3. The van der Waals surface area contributed by atoms with Gasteiger partial charge in [-0.2, -0.15) is 0 Å². The number of nitrogens with zero attached hydrogens (tertiary/aromatic N) is 1. The number of ether oxygens (including phenoxy) is 2. The minimum absolute atomic E-state index is 0.120. The molecule has 0 saturated heterocycles. The predicted octanol–water partition coefficient (Wildman–Crippen LogP) is 4.86. The number of nitrogens with one attached hydrogen (secondary N) is 1. The zero-order valence-electron chi connectivity index (χ0n) is 18.7. The fraction of sp³-hybridized carbons (Fsp3) is 0.154. The standard InChI is InChI=1S/C26H23FN2O4/c1-15-6-5-7-20(16(15)2)28-24-23(17-8-10-18(27)11-9-17)25(30)29(26(24)31)19-12-13-21(32-3)22(14-19)33-4/h5-14,28H,1-4H3. The smallest absolute Gasteiger partial charge is 0.282 e. The number of carbonyl (C=O) groups excluding carboxylic acids is 2. The summed E-state index contributed by atoms with van der Waals surface area (Å²) < 4.78 is 24.2. The number of rotatable bonds is 6. The molecule has 0 unspecified atom stereocenters. The van der Waals surface area contributed by atoms with Crippen molar-refractivity contribution >= 4 is 28.8 Å². The molecule has 0 saturated carbocycles. The second-order valence-corrected chi connectivity index (χ2v) is 7.61. The van der Waals surface area contributed by atoms with Gasteiger partial charge in [-0.25, -0.2) is 9.29 Å². The van der Waals surface area contributed by atoms with E-state index in [-0.39, 0.29) is 11.3 Å². The molecule has 1 aliphatic heterocycles. The molecule has 7 heteroatoms. The van der Waals surface area contributed by atoms with Crippen molar-refractivity contribution in [1.29, 1.82) is 0 Å². The maximum Gasteiger partial charge on any atom is 0.282 e. The van der Waals surface area contributed by atoms with Gasteiger partial charge in [0.1, 0.15) is 11.5 Å². The lowest BCUT2D eigenvalue weighted by Gasteiger charge is -2.18. The van der Waals surface area contributed by atoms with Crippen LogP contribution in [-0.2, 0) is 9.59 Å². The second kappa shape index (κ2) is 8.78. The number of imide groups is 1. The number of carbonyl (C=O) groups is 2. The monoisotopic (exact) mass is 446 g/mol. The van der Waals surface area contributed by atoms with Crippen LogP contribution in [0.5, 0.6) is 11.5 Å². The Morgan fingerprint density at radius 2 is 1.55 bits per heavy atom. The molecule has 3 aromatic carbocycles. The maximum absolute atomic E-state index is 13.6. The predicted molar refractivity (Wildman–Crippen MR) is 125 cm³/mol. The van der Waals surface area contributed by atoms with E-state index in [1.807, 2.05) is 32.0 Å². The molecular formula is C26H23FN2O4. The Morgan fingerprint density at radius 1 is 0.848 bits per heavy atom. The van der Waals surface area contributed by atoms with Crippen LogP contribution in [-0.4, -0.2) is 26.0 Å². The van der Waals surface area contributed by atoms with Crippen molar-refractivity contribution in [2.24, 2.45) is 0 Å². The van der Waals surface area contributed by atoms with Gasteiger partial charge in [-0.05, 0) is 60.9 Å². The first kappa shape index (κ1) is 22.1. The van der Waals surface area contributed by atoms with Gasteiger partial charge in [-0.15, -0.1) is 0 Å². The van der Waals surface area contributed by atoms with Crippen molar-refractivity contribution in [3.63, 3.8) is 0 Å². The van der Waals surface area contributed by atoms with Crippen LogP contribution >= 0.6 is 0 Å². The second-order valence-electron chi connectivity index (χ2n) is 7.61. The van der Waals surface area contributed by atoms with Gasteiger partial charge in [0, 0.05) is 11.8 Å². The quantitative estimate of drug-likeness (QED) is 0.548. The largest absolute Gasteiger partial charge is 0.493 e. The van der Waals surface area contributed by atoms with E-state index >= 15 is 0 Å². The molecule has 1 N–H and O–H groups in total. The van der Waals surface area contributed by atoms with E-state index in [0.717, 1.165) is 16.0 Å². The van der Waals surface area contributed by atoms with Gasteiger partial charge >= 0.3 is 0 Å². The van der Waals surface area contributed by atoms with E-state index in [1.54, 1.807) is 18.2 Å². The Hall–Kier alpha value is -4.13. The highest BCUT2D eigenvalue weighted by Crippen LogP contribution is 2.38. The molecule has 4 rings (SSSR count). The molecule has 2 amide bonds. The van der Waals surface area contributed by atoms with Crippen molar-refractivity contribution in [3.8, 4) is 11.5 Å². The van der Waals surface area contributed by atoms with Gasteiger partial charge in [0.15, 0.2) is 11.5 Å². The summed E-state index contributed by atoms with van der Waals surface area (Å²) in [5, 5.41) is 3.16. The Bertz CT molecular complexity index is 1280. The molecule has 1 heterocycles. The van der Waals surface area contributed by atoms with Crippen LogP contribution in [0.2, 0.25) is 0 Å². The normalized spacial score (nSPS) is 13.5. The third-order valence-corrected chi connectivity index (χ3v) is 5.71. The SMILES string of the molecule is COc1ccc(N2C(=O)C(Nc3cccc(C)c3C)=C(c3ccc(F)cc3)C2=O)cc1OC. The summed E-state index contributed by atoms with van der Waals surface area (Å²) in [5.74, 6) is -0.619. The lowest BCUT2D eigenvalue weighted by Crippen LogP contribution is -2.32. The molecule has 0 aliphatic carbocycles. The Morgan fingerprint density at radius 3 is 2.21 bits per heavy atom. The Balaban J connectivity index is 1.84. The van der Waals surface area contributed by atoms with Crippen LogP contribution < -0.4 is 19.7 Å². The molecule has 6 nitrogen and oxygen atoms in total. The number of aryl methyl sites for hydroxylation is 1. The Labute approximate surface area is 191 Å². The first-order valence-electron chi connectivity index (χ1n) is 10.3. The highest BCUT2D eigenvalue weighted by molar-refractivity contribution is 6.46. The fourth-order valence-corrected chi connectivity index (χ4v) is 3.75. The summed E-state index contributed by atoms with van der Waals surface area (Å²) >= 11 is 0. The van der Waals surface area contributed by atoms with E-state index in [4.69, 9.17) is 9.47 Å². The molecule has 0 spiro atoms. The number of hydrogen-bond acceptors (Lipinski definition) is 5. The van der Waals surface area contributed by atoms with Crippen LogP contribution in [0.25, 0.3) is 5.57 Å². The summed E-state index contributed by atoms with van der Waals surface area (Å²) in [6.07, 6.45) is 0. The minimum Gasteiger partial charge on any atom is -0.493 e. The lowest BCUT2D eigenvalue weighted by atomic mass is 10.0. The number of halogens is 1. The number of hydrogen-bond donors (Lipinski definition) is 1. The molecule has 168 valence electrons. The molecule has 0 atom stereocenters. The van der Waals surface area contributed by atoms with Crippen LogP contribution in [0.15, 0.2) is 66.4 Å². The van der Waals surface area contributed by atoms with Crippen LogP contribution in [0.1, 0.15) is 16.7 Å². The molecular weight excluding hydrogens is 423 g/mol. The van der Waals surface area contributed by atoms with Crippen molar-refractivity contribution in [2.75, 3.05) is 24.4 Å². The molecule has 0 aromatic heterocycles. The first-order valence-corrected chi connectivity index (χ1v) is 10.3. The van der Waals surface area contributed by atoms with E-state index in [9.17, 15) is 14.0 Å². The number of methoxy groups -OCH3 is 2. The highest BCUT2D eigenvalue weighted by Gasteiger charge is 2.40. The third kappa shape index (κ3) is 3.93. The summed E-state index contributed by atoms with van der Waals surface area (Å²) in [4.78, 5) is 28.2. The number of anilines is 2. The van der Waals surface area contributed by atoms with Crippen molar-refractivity contribution < 1.29 is 23.5 Å².